The Morgan fingerprint density at radius 1 is 1.30 bits per heavy atom. The standard InChI is InChI=1S/C17H17NO3S2/c19-16(15-13-5-8-22-14(13)6-9-23-15)18-7-4-11-2-1-3-12(10-11)17(20)21/h1-3,5,8,10,15H,4,6-7,9H2,(H,18,19)(H,20,21). The lowest BCUT2D eigenvalue weighted by Gasteiger charge is -2.21. The van der Waals surface area contributed by atoms with E-state index in [-0.39, 0.29) is 16.7 Å². The second-order valence-corrected chi connectivity index (χ2v) is 7.56. The average Bonchev–Trinajstić information content (AvgIpc) is 3.03. The number of thioether (sulfide) groups is 1. The largest absolute Gasteiger partial charge is 0.478 e. The third-order valence-corrected chi connectivity index (χ3v) is 6.04. The van der Waals surface area contributed by atoms with Crippen LogP contribution in [0.25, 0.3) is 0 Å². The van der Waals surface area contributed by atoms with Crippen LogP contribution in [0.15, 0.2) is 35.7 Å². The highest BCUT2D eigenvalue weighted by atomic mass is 32.2. The lowest BCUT2D eigenvalue weighted by atomic mass is 10.1. The van der Waals surface area contributed by atoms with Gasteiger partial charge in [0.25, 0.3) is 0 Å². The van der Waals surface area contributed by atoms with E-state index in [4.69, 9.17) is 5.11 Å². The van der Waals surface area contributed by atoms with E-state index in [1.165, 1.54) is 4.88 Å². The maximum atomic E-state index is 12.4. The van der Waals surface area contributed by atoms with Crippen LogP contribution < -0.4 is 5.32 Å². The maximum Gasteiger partial charge on any atom is 0.335 e. The number of hydrogen-bond acceptors (Lipinski definition) is 4. The van der Waals surface area contributed by atoms with Crippen molar-refractivity contribution in [2.75, 3.05) is 12.3 Å². The number of carbonyl (C=O) groups excluding carboxylic acids is 1. The fourth-order valence-electron chi connectivity index (χ4n) is 2.65. The van der Waals surface area contributed by atoms with Gasteiger partial charge in [-0.3, -0.25) is 4.79 Å². The lowest BCUT2D eigenvalue weighted by Crippen LogP contribution is -2.31. The highest BCUT2D eigenvalue weighted by Crippen LogP contribution is 2.39. The van der Waals surface area contributed by atoms with E-state index in [0.29, 0.717) is 13.0 Å². The molecule has 0 saturated carbocycles. The van der Waals surface area contributed by atoms with E-state index < -0.39 is 5.97 Å². The van der Waals surface area contributed by atoms with E-state index >= 15 is 0 Å². The van der Waals surface area contributed by atoms with Gasteiger partial charge >= 0.3 is 5.97 Å². The molecule has 120 valence electrons. The molecule has 1 amide bonds. The minimum atomic E-state index is -0.931. The Hall–Kier alpha value is -1.79. The van der Waals surface area contributed by atoms with Crippen molar-refractivity contribution in [3.05, 3.63) is 57.3 Å². The molecular weight excluding hydrogens is 330 g/mol. The molecule has 1 unspecified atom stereocenters. The molecule has 2 aromatic rings. The second kappa shape index (κ2) is 7.19. The van der Waals surface area contributed by atoms with Crippen LogP contribution >= 0.6 is 23.1 Å². The summed E-state index contributed by atoms with van der Waals surface area (Å²) < 4.78 is 0. The molecule has 0 spiro atoms. The summed E-state index contributed by atoms with van der Waals surface area (Å²) in [4.78, 5) is 24.7. The fraction of sp³-hybridized carbons (Fsp3) is 0.294. The third kappa shape index (κ3) is 3.76. The van der Waals surface area contributed by atoms with E-state index in [2.05, 4.69) is 5.32 Å². The quantitative estimate of drug-likeness (QED) is 0.872. The monoisotopic (exact) mass is 347 g/mol. The van der Waals surface area contributed by atoms with E-state index in [9.17, 15) is 9.59 Å². The number of carbonyl (C=O) groups is 2. The summed E-state index contributed by atoms with van der Waals surface area (Å²) in [6.45, 7) is 0.512. The molecule has 0 bridgehead atoms. The zero-order valence-electron chi connectivity index (χ0n) is 12.5. The Labute approximate surface area is 142 Å². The van der Waals surface area contributed by atoms with Gasteiger partial charge < -0.3 is 10.4 Å². The van der Waals surface area contributed by atoms with Crippen molar-refractivity contribution in [3.8, 4) is 0 Å². The first-order valence-corrected chi connectivity index (χ1v) is 9.36. The van der Waals surface area contributed by atoms with Gasteiger partial charge in [-0.05, 0) is 53.3 Å². The number of fused-ring (bicyclic) bond motifs is 1. The fourth-order valence-corrected chi connectivity index (χ4v) is 4.96. The van der Waals surface area contributed by atoms with Crippen LogP contribution in [0.1, 0.15) is 31.6 Å². The minimum Gasteiger partial charge on any atom is -0.478 e. The Morgan fingerprint density at radius 2 is 2.17 bits per heavy atom. The highest BCUT2D eigenvalue weighted by Gasteiger charge is 2.27. The highest BCUT2D eigenvalue weighted by molar-refractivity contribution is 8.00. The first-order chi connectivity index (χ1) is 11.1. The number of rotatable bonds is 5. The molecule has 1 aromatic heterocycles. The zero-order chi connectivity index (χ0) is 16.2. The minimum absolute atomic E-state index is 0.0451. The SMILES string of the molecule is O=C(O)c1cccc(CCNC(=O)C2SCCc3sccc32)c1. The van der Waals surface area contributed by atoms with Crippen LogP contribution in [0.3, 0.4) is 0 Å². The summed E-state index contributed by atoms with van der Waals surface area (Å²) in [7, 11) is 0. The van der Waals surface area contributed by atoms with Crippen molar-refractivity contribution in [1.29, 1.82) is 0 Å². The Kier molecular flexibility index (Phi) is 5.03. The molecule has 1 aromatic carbocycles. The van der Waals surface area contributed by atoms with E-state index in [0.717, 1.165) is 23.3 Å². The van der Waals surface area contributed by atoms with Crippen molar-refractivity contribution < 1.29 is 14.7 Å². The van der Waals surface area contributed by atoms with Crippen LogP contribution in [0.5, 0.6) is 0 Å². The predicted octanol–water partition coefficient (Wildman–Crippen LogP) is 3.14. The predicted molar refractivity (Wildman–Crippen MR) is 93.3 cm³/mol. The Balaban J connectivity index is 1.56. The molecule has 0 fully saturated rings. The molecule has 1 aliphatic rings. The summed E-state index contributed by atoms with van der Waals surface area (Å²) in [5.41, 5.74) is 2.34. The molecule has 23 heavy (non-hydrogen) atoms. The van der Waals surface area contributed by atoms with Gasteiger partial charge in [0.1, 0.15) is 5.25 Å². The molecule has 3 rings (SSSR count). The number of aryl methyl sites for hydroxylation is 1. The number of amides is 1. The van der Waals surface area contributed by atoms with Crippen LogP contribution in [0.2, 0.25) is 0 Å². The maximum absolute atomic E-state index is 12.4. The summed E-state index contributed by atoms with van der Waals surface area (Å²) in [5, 5.41) is 13.9. The number of benzene rings is 1. The van der Waals surface area contributed by atoms with Crippen LogP contribution in [0.4, 0.5) is 0 Å². The topological polar surface area (TPSA) is 66.4 Å². The summed E-state index contributed by atoms with van der Waals surface area (Å²) in [6.07, 6.45) is 1.67. The number of hydrogen-bond donors (Lipinski definition) is 2. The van der Waals surface area contributed by atoms with Gasteiger partial charge in [-0.1, -0.05) is 12.1 Å². The van der Waals surface area contributed by atoms with Crippen molar-refractivity contribution >= 4 is 35.0 Å². The molecule has 4 nitrogen and oxygen atoms in total. The molecule has 2 heterocycles. The van der Waals surface area contributed by atoms with Crippen molar-refractivity contribution in [2.45, 2.75) is 18.1 Å². The number of nitrogens with one attached hydrogen (secondary N) is 1. The van der Waals surface area contributed by atoms with Gasteiger partial charge in [0.05, 0.1) is 5.56 Å². The van der Waals surface area contributed by atoms with Gasteiger partial charge in [0.2, 0.25) is 5.91 Å². The molecule has 0 radical (unpaired) electrons. The van der Waals surface area contributed by atoms with Crippen LogP contribution in [0, 0.1) is 0 Å². The molecule has 0 aliphatic carbocycles. The zero-order valence-corrected chi connectivity index (χ0v) is 14.1. The van der Waals surface area contributed by atoms with Crippen molar-refractivity contribution in [1.82, 2.24) is 5.32 Å². The smallest absolute Gasteiger partial charge is 0.335 e. The third-order valence-electron chi connectivity index (χ3n) is 3.80. The summed E-state index contributed by atoms with van der Waals surface area (Å²) >= 11 is 3.41. The summed E-state index contributed by atoms with van der Waals surface area (Å²) in [5.74, 6) is 0.0925. The first-order valence-electron chi connectivity index (χ1n) is 7.43. The lowest BCUT2D eigenvalue weighted by molar-refractivity contribution is -0.120. The van der Waals surface area contributed by atoms with E-state index in [1.54, 1.807) is 41.3 Å². The second-order valence-electron chi connectivity index (χ2n) is 5.35. The molecule has 1 aliphatic heterocycles. The normalized spacial score (nSPS) is 16.6. The first kappa shape index (κ1) is 16.1. The molecular formula is C17H17NO3S2. The number of carboxylic acid groups (broad SMARTS) is 1. The Bertz CT molecular complexity index is 726. The molecule has 6 heteroatoms. The summed E-state index contributed by atoms with van der Waals surface area (Å²) in [6, 6.07) is 8.88. The van der Waals surface area contributed by atoms with Gasteiger partial charge in [0, 0.05) is 11.4 Å². The number of aromatic carboxylic acids is 1. The van der Waals surface area contributed by atoms with E-state index in [1.807, 2.05) is 17.5 Å². The van der Waals surface area contributed by atoms with Crippen LogP contribution in [-0.4, -0.2) is 29.3 Å². The van der Waals surface area contributed by atoms with Crippen molar-refractivity contribution in [3.63, 3.8) is 0 Å². The number of thiophene rings is 1. The molecule has 1 atom stereocenters. The molecule has 2 N–H and O–H groups in total. The number of carboxylic acids is 1. The molecule has 0 saturated heterocycles. The van der Waals surface area contributed by atoms with Gasteiger partial charge in [-0.15, -0.1) is 23.1 Å². The van der Waals surface area contributed by atoms with Crippen LogP contribution in [-0.2, 0) is 17.6 Å². The average molecular weight is 347 g/mol. The van der Waals surface area contributed by atoms with Gasteiger partial charge in [-0.2, -0.15) is 0 Å². The Morgan fingerprint density at radius 3 is 3.00 bits per heavy atom. The van der Waals surface area contributed by atoms with Gasteiger partial charge in [-0.25, -0.2) is 4.79 Å². The van der Waals surface area contributed by atoms with Crippen molar-refractivity contribution in [2.24, 2.45) is 0 Å². The van der Waals surface area contributed by atoms with Gasteiger partial charge in [0.15, 0.2) is 0 Å².